The van der Waals surface area contributed by atoms with Gasteiger partial charge in [0.1, 0.15) is 0 Å². The molecular formula is C19H21ClFNO4. The van der Waals surface area contributed by atoms with Crippen LogP contribution in [0.15, 0.2) is 42.5 Å². The van der Waals surface area contributed by atoms with Gasteiger partial charge in [-0.05, 0) is 41.3 Å². The molecule has 1 saturated heterocycles. The number of ether oxygens (including phenoxy) is 1. The molecule has 7 heteroatoms. The molecule has 5 nitrogen and oxygen atoms in total. The summed E-state index contributed by atoms with van der Waals surface area (Å²) in [7, 11) is 0. The van der Waals surface area contributed by atoms with Gasteiger partial charge < -0.3 is 15.1 Å². The first-order valence-electron chi connectivity index (χ1n) is 8.45. The third-order valence-corrected chi connectivity index (χ3v) is 4.91. The van der Waals surface area contributed by atoms with Crippen LogP contribution in [-0.2, 0) is 11.2 Å². The van der Waals surface area contributed by atoms with Crippen molar-refractivity contribution in [3.8, 4) is 5.75 Å². The average Bonchev–Trinajstić information content (AvgIpc) is 2.64. The van der Waals surface area contributed by atoms with Crippen molar-refractivity contribution in [1.82, 2.24) is 5.48 Å². The molecule has 0 saturated carbocycles. The molecule has 26 heavy (non-hydrogen) atoms. The van der Waals surface area contributed by atoms with Gasteiger partial charge in [0.2, 0.25) is 0 Å². The van der Waals surface area contributed by atoms with Crippen LogP contribution in [0.5, 0.6) is 5.75 Å². The van der Waals surface area contributed by atoms with Gasteiger partial charge in [-0.1, -0.05) is 35.9 Å². The number of aliphatic hydroxyl groups is 1. The second kappa shape index (κ2) is 8.79. The van der Waals surface area contributed by atoms with Crippen molar-refractivity contribution in [3.05, 3.63) is 64.2 Å². The van der Waals surface area contributed by atoms with Crippen molar-refractivity contribution >= 4 is 11.6 Å². The number of halogens is 2. The van der Waals surface area contributed by atoms with Gasteiger partial charge in [-0.15, -0.1) is 0 Å². The second-order valence-electron chi connectivity index (χ2n) is 6.48. The molecule has 1 aliphatic heterocycles. The smallest absolute Gasteiger partial charge is 0.171 e. The molecule has 3 atom stereocenters. The minimum absolute atomic E-state index is 0.154. The quantitative estimate of drug-likeness (QED) is 0.665. The molecule has 1 heterocycles. The number of hydroxylamine groups is 1. The van der Waals surface area contributed by atoms with Crippen LogP contribution in [0, 0.1) is 0 Å². The molecule has 0 spiro atoms. The molecule has 0 unspecified atom stereocenters. The van der Waals surface area contributed by atoms with E-state index in [4.69, 9.17) is 21.5 Å². The molecule has 0 radical (unpaired) electrons. The van der Waals surface area contributed by atoms with Gasteiger partial charge in [0, 0.05) is 28.9 Å². The van der Waals surface area contributed by atoms with Crippen LogP contribution >= 0.6 is 11.6 Å². The molecule has 0 aromatic heterocycles. The summed E-state index contributed by atoms with van der Waals surface area (Å²) in [6.07, 6.45) is 0.533. The highest BCUT2D eigenvalue weighted by Crippen LogP contribution is 2.33. The molecule has 3 rings (SSSR count). The van der Waals surface area contributed by atoms with Gasteiger partial charge in [-0.25, -0.2) is 5.48 Å². The summed E-state index contributed by atoms with van der Waals surface area (Å²) in [5.41, 5.74) is 4.91. The third-order valence-electron chi connectivity index (χ3n) is 4.55. The highest BCUT2D eigenvalue weighted by molar-refractivity contribution is 6.31. The van der Waals surface area contributed by atoms with Crippen LogP contribution in [-0.4, -0.2) is 29.1 Å². The number of nitrogens with one attached hydrogen (secondary N) is 1. The van der Waals surface area contributed by atoms with E-state index < -0.39 is 6.10 Å². The predicted molar refractivity (Wildman–Crippen MR) is 95.1 cm³/mol. The minimum atomic E-state index is -0.487. The zero-order chi connectivity index (χ0) is 18.5. The SMILES string of the molecule is ONC[C@@H]1C[C@H](O)C[C@H](c2ccc(Cl)c(Cc3ccc(OF)cc3)c2)O1. The van der Waals surface area contributed by atoms with E-state index >= 15 is 0 Å². The lowest BCUT2D eigenvalue weighted by molar-refractivity contribution is -0.104. The summed E-state index contributed by atoms with van der Waals surface area (Å²) in [5.74, 6) is 0.154. The Balaban J connectivity index is 1.78. The maximum absolute atomic E-state index is 12.1. The van der Waals surface area contributed by atoms with E-state index in [0.717, 1.165) is 16.7 Å². The van der Waals surface area contributed by atoms with E-state index in [0.29, 0.717) is 24.3 Å². The van der Waals surface area contributed by atoms with E-state index in [1.165, 1.54) is 0 Å². The molecule has 2 aromatic rings. The van der Waals surface area contributed by atoms with Crippen LogP contribution in [0.3, 0.4) is 0 Å². The van der Waals surface area contributed by atoms with Gasteiger partial charge >= 0.3 is 0 Å². The van der Waals surface area contributed by atoms with Crippen LogP contribution in [0.2, 0.25) is 5.02 Å². The lowest BCUT2D eigenvalue weighted by atomic mass is 9.94. The Bertz CT molecular complexity index is 728. The van der Waals surface area contributed by atoms with Gasteiger partial charge in [0.25, 0.3) is 0 Å². The molecule has 0 aliphatic carbocycles. The van der Waals surface area contributed by atoms with Crippen molar-refractivity contribution < 1.29 is 24.5 Å². The second-order valence-corrected chi connectivity index (χ2v) is 6.89. The van der Waals surface area contributed by atoms with E-state index in [9.17, 15) is 9.63 Å². The zero-order valence-electron chi connectivity index (χ0n) is 14.1. The summed E-state index contributed by atoms with van der Waals surface area (Å²) in [4.78, 5) is 3.69. The van der Waals surface area contributed by atoms with Gasteiger partial charge in [-0.3, -0.25) is 4.94 Å². The molecule has 1 fully saturated rings. The largest absolute Gasteiger partial charge is 0.393 e. The fourth-order valence-corrected chi connectivity index (χ4v) is 3.43. The highest BCUT2D eigenvalue weighted by atomic mass is 35.5. The monoisotopic (exact) mass is 381 g/mol. The minimum Gasteiger partial charge on any atom is -0.393 e. The lowest BCUT2D eigenvalue weighted by Gasteiger charge is -2.33. The molecule has 140 valence electrons. The first-order chi connectivity index (χ1) is 12.6. The van der Waals surface area contributed by atoms with Gasteiger partial charge in [-0.2, -0.15) is 0 Å². The van der Waals surface area contributed by atoms with Gasteiger partial charge in [0.05, 0.1) is 18.3 Å². The lowest BCUT2D eigenvalue weighted by Crippen LogP contribution is -2.37. The first-order valence-corrected chi connectivity index (χ1v) is 8.83. The summed E-state index contributed by atoms with van der Waals surface area (Å²) >= 11 is 6.33. The van der Waals surface area contributed by atoms with Crippen molar-refractivity contribution in [3.63, 3.8) is 0 Å². The van der Waals surface area contributed by atoms with E-state index in [1.807, 2.05) is 18.2 Å². The molecule has 0 bridgehead atoms. The fraction of sp³-hybridized carbons (Fsp3) is 0.368. The standard InChI is InChI=1S/C19H21ClFNO4/c20-18-6-3-13(19-10-15(23)9-17(25-19)11-22-24)8-14(18)7-12-1-4-16(26-21)5-2-12/h1-6,8,15,17,19,22-24H,7,9-11H2/t15-,17-,19+/m0/s1. The van der Waals surface area contributed by atoms with E-state index in [-0.39, 0.29) is 24.5 Å². The summed E-state index contributed by atoms with van der Waals surface area (Å²) in [6.45, 7) is 0.261. The average molecular weight is 382 g/mol. The van der Waals surface area contributed by atoms with Crippen molar-refractivity contribution in [2.45, 2.75) is 37.6 Å². The van der Waals surface area contributed by atoms with Crippen LogP contribution in [0.4, 0.5) is 4.53 Å². The number of benzene rings is 2. The molecular weight excluding hydrogens is 361 g/mol. The third kappa shape index (κ3) is 4.72. The van der Waals surface area contributed by atoms with Crippen molar-refractivity contribution in [2.75, 3.05) is 6.54 Å². The molecule has 2 aromatic carbocycles. The van der Waals surface area contributed by atoms with Crippen molar-refractivity contribution in [2.24, 2.45) is 0 Å². The Hall–Kier alpha value is -1.70. The maximum Gasteiger partial charge on any atom is 0.171 e. The van der Waals surface area contributed by atoms with Crippen LogP contribution < -0.4 is 10.4 Å². The van der Waals surface area contributed by atoms with E-state index in [2.05, 4.69) is 10.4 Å². The Labute approximate surface area is 156 Å². The summed E-state index contributed by atoms with van der Waals surface area (Å²) < 4.78 is 18.1. The normalized spacial score (nSPS) is 23.0. The van der Waals surface area contributed by atoms with Crippen molar-refractivity contribution in [1.29, 1.82) is 0 Å². The Morgan fingerprint density at radius 2 is 1.96 bits per heavy atom. The number of rotatable bonds is 6. The maximum atomic E-state index is 12.1. The first kappa shape index (κ1) is 19.1. The van der Waals surface area contributed by atoms with Crippen LogP contribution in [0.1, 0.15) is 35.6 Å². The summed E-state index contributed by atoms with van der Waals surface area (Å²) in [6, 6.07) is 12.3. The predicted octanol–water partition coefficient (Wildman–Crippen LogP) is 3.75. The van der Waals surface area contributed by atoms with Crippen LogP contribution in [0.25, 0.3) is 0 Å². The Morgan fingerprint density at radius 3 is 2.65 bits per heavy atom. The Morgan fingerprint density at radius 1 is 1.19 bits per heavy atom. The number of aliphatic hydroxyl groups excluding tert-OH is 1. The Kier molecular flexibility index (Phi) is 6.45. The molecule has 0 amide bonds. The topological polar surface area (TPSA) is 71.0 Å². The number of hydrogen-bond donors (Lipinski definition) is 3. The van der Waals surface area contributed by atoms with E-state index in [1.54, 1.807) is 24.3 Å². The zero-order valence-corrected chi connectivity index (χ0v) is 14.8. The molecule has 3 N–H and O–H groups in total. The fourth-order valence-electron chi connectivity index (χ4n) is 3.25. The summed E-state index contributed by atoms with van der Waals surface area (Å²) in [5, 5.41) is 19.6. The molecule has 1 aliphatic rings. The number of hydrogen-bond acceptors (Lipinski definition) is 5. The highest BCUT2D eigenvalue weighted by Gasteiger charge is 2.29. The van der Waals surface area contributed by atoms with Gasteiger partial charge in [0.15, 0.2) is 5.75 Å².